The Bertz CT molecular complexity index is 162. The zero-order valence-corrected chi connectivity index (χ0v) is 9.11. The summed E-state index contributed by atoms with van der Waals surface area (Å²) in [6.07, 6.45) is 5.17. The monoisotopic (exact) mass is 200 g/mol. The lowest BCUT2D eigenvalue weighted by Gasteiger charge is -2.37. The number of hydrogen-bond acceptors (Lipinski definition) is 3. The van der Waals surface area contributed by atoms with Crippen LogP contribution in [0.2, 0.25) is 0 Å². The molecule has 0 aromatic carbocycles. The lowest BCUT2D eigenvalue weighted by Crippen LogP contribution is -2.49. The molecule has 1 unspecified atom stereocenters. The number of nitrogens with two attached hydrogens (primary N) is 1. The van der Waals surface area contributed by atoms with Gasteiger partial charge in [0.2, 0.25) is 0 Å². The highest BCUT2D eigenvalue weighted by Crippen LogP contribution is 2.27. The van der Waals surface area contributed by atoms with Gasteiger partial charge in [0, 0.05) is 11.3 Å². The Morgan fingerprint density at radius 3 is 2.69 bits per heavy atom. The van der Waals surface area contributed by atoms with Crippen LogP contribution in [0, 0.1) is 0 Å². The van der Waals surface area contributed by atoms with Gasteiger partial charge in [-0.15, -0.1) is 0 Å². The van der Waals surface area contributed by atoms with E-state index in [1.807, 2.05) is 11.8 Å². The summed E-state index contributed by atoms with van der Waals surface area (Å²) in [6, 6.07) is 0. The second-order valence-electron chi connectivity index (χ2n) is 4.46. The van der Waals surface area contributed by atoms with E-state index in [2.05, 4.69) is 4.90 Å². The minimum atomic E-state index is 0.165. The van der Waals surface area contributed by atoms with Crippen LogP contribution in [0.1, 0.15) is 25.7 Å². The average molecular weight is 200 g/mol. The number of thioether (sulfide) groups is 1. The van der Waals surface area contributed by atoms with Crippen LogP contribution in [-0.4, -0.2) is 41.6 Å². The molecule has 2 aliphatic heterocycles. The lowest BCUT2D eigenvalue weighted by molar-refractivity contribution is 0.163. The van der Waals surface area contributed by atoms with E-state index in [1.165, 1.54) is 56.8 Å². The third-order valence-corrected chi connectivity index (χ3v) is 4.58. The number of hydrogen-bond donors (Lipinski definition) is 1. The maximum atomic E-state index is 6.34. The SMILES string of the molecule is NC1(CCN2CCC2)CCCSC1. The van der Waals surface area contributed by atoms with Crippen molar-refractivity contribution >= 4 is 11.8 Å². The van der Waals surface area contributed by atoms with E-state index in [1.54, 1.807) is 0 Å². The molecular weight excluding hydrogens is 180 g/mol. The predicted octanol–water partition coefficient (Wildman–Crippen LogP) is 1.31. The van der Waals surface area contributed by atoms with Crippen LogP contribution in [0.3, 0.4) is 0 Å². The molecule has 1 atom stereocenters. The molecule has 2 saturated heterocycles. The molecule has 0 bridgehead atoms. The molecule has 2 fully saturated rings. The van der Waals surface area contributed by atoms with Gasteiger partial charge in [-0.3, -0.25) is 0 Å². The first-order valence-corrected chi connectivity index (χ1v) is 6.53. The van der Waals surface area contributed by atoms with E-state index in [-0.39, 0.29) is 5.54 Å². The number of rotatable bonds is 3. The van der Waals surface area contributed by atoms with Crippen molar-refractivity contribution in [2.24, 2.45) is 5.73 Å². The topological polar surface area (TPSA) is 29.3 Å². The first-order chi connectivity index (χ1) is 6.29. The molecule has 2 rings (SSSR count). The molecule has 2 N–H and O–H groups in total. The van der Waals surface area contributed by atoms with E-state index in [9.17, 15) is 0 Å². The third-order valence-electron chi connectivity index (χ3n) is 3.23. The Labute approximate surface area is 85.2 Å². The zero-order chi connectivity index (χ0) is 9.15. The van der Waals surface area contributed by atoms with Gasteiger partial charge in [0.25, 0.3) is 0 Å². The van der Waals surface area contributed by atoms with E-state index >= 15 is 0 Å². The van der Waals surface area contributed by atoms with Crippen LogP contribution < -0.4 is 5.73 Å². The molecule has 0 amide bonds. The molecule has 2 nitrogen and oxygen atoms in total. The number of nitrogens with zero attached hydrogens (tertiary/aromatic N) is 1. The fourth-order valence-electron chi connectivity index (χ4n) is 2.06. The Kier molecular flexibility index (Phi) is 3.17. The van der Waals surface area contributed by atoms with Crippen molar-refractivity contribution in [2.45, 2.75) is 31.2 Å². The smallest absolute Gasteiger partial charge is 0.0258 e. The van der Waals surface area contributed by atoms with Crippen LogP contribution in [0.4, 0.5) is 0 Å². The van der Waals surface area contributed by atoms with Crippen LogP contribution >= 0.6 is 11.8 Å². The summed E-state index contributed by atoms with van der Waals surface area (Å²) in [5.74, 6) is 2.50. The minimum Gasteiger partial charge on any atom is -0.324 e. The molecule has 0 aromatic rings. The Morgan fingerprint density at radius 2 is 2.15 bits per heavy atom. The quantitative estimate of drug-likeness (QED) is 0.745. The summed E-state index contributed by atoms with van der Waals surface area (Å²) in [4.78, 5) is 2.52. The van der Waals surface area contributed by atoms with Gasteiger partial charge >= 0.3 is 0 Å². The molecule has 0 aliphatic carbocycles. The van der Waals surface area contributed by atoms with Gasteiger partial charge in [-0.25, -0.2) is 0 Å². The van der Waals surface area contributed by atoms with Crippen molar-refractivity contribution in [3.05, 3.63) is 0 Å². The molecule has 0 saturated carbocycles. The molecule has 0 spiro atoms. The van der Waals surface area contributed by atoms with Gasteiger partial charge in [0.05, 0.1) is 0 Å². The van der Waals surface area contributed by atoms with Crippen molar-refractivity contribution in [2.75, 3.05) is 31.1 Å². The van der Waals surface area contributed by atoms with Crippen molar-refractivity contribution < 1.29 is 0 Å². The molecule has 2 heterocycles. The summed E-state index contributed by atoms with van der Waals surface area (Å²) in [6.45, 7) is 3.85. The largest absolute Gasteiger partial charge is 0.324 e. The summed E-state index contributed by atoms with van der Waals surface area (Å²) in [5, 5.41) is 0. The standard InChI is InChI=1S/C10H20N2S/c11-10(3-1-8-13-9-10)4-7-12-5-2-6-12/h1-9,11H2. The Balaban J connectivity index is 1.71. The first-order valence-electron chi connectivity index (χ1n) is 5.38. The van der Waals surface area contributed by atoms with Gasteiger partial charge in [-0.05, 0) is 51.1 Å². The highest BCUT2D eigenvalue weighted by atomic mass is 32.2. The van der Waals surface area contributed by atoms with Crippen LogP contribution in [-0.2, 0) is 0 Å². The molecular formula is C10H20N2S. The van der Waals surface area contributed by atoms with Crippen molar-refractivity contribution in [3.8, 4) is 0 Å². The molecule has 76 valence electrons. The van der Waals surface area contributed by atoms with Gasteiger partial charge in [-0.1, -0.05) is 0 Å². The van der Waals surface area contributed by atoms with Crippen LogP contribution in [0.5, 0.6) is 0 Å². The van der Waals surface area contributed by atoms with E-state index < -0.39 is 0 Å². The summed E-state index contributed by atoms with van der Waals surface area (Å²) in [7, 11) is 0. The van der Waals surface area contributed by atoms with E-state index in [0.717, 1.165) is 0 Å². The minimum absolute atomic E-state index is 0.165. The molecule has 2 aliphatic rings. The Morgan fingerprint density at radius 1 is 1.31 bits per heavy atom. The van der Waals surface area contributed by atoms with Crippen LogP contribution in [0.15, 0.2) is 0 Å². The second kappa shape index (κ2) is 4.20. The highest BCUT2D eigenvalue weighted by molar-refractivity contribution is 7.99. The summed E-state index contributed by atoms with van der Waals surface area (Å²) < 4.78 is 0. The lowest BCUT2D eigenvalue weighted by atomic mass is 9.92. The normalized spacial score (nSPS) is 35.8. The zero-order valence-electron chi connectivity index (χ0n) is 8.30. The molecule has 0 aromatic heterocycles. The predicted molar refractivity (Wildman–Crippen MR) is 59.2 cm³/mol. The van der Waals surface area contributed by atoms with Gasteiger partial charge in [-0.2, -0.15) is 11.8 Å². The van der Waals surface area contributed by atoms with E-state index in [4.69, 9.17) is 5.73 Å². The fourth-order valence-corrected chi connectivity index (χ4v) is 3.25. The Hall–Kier alpha value is 0.270. The molecule has 0 radical (unpaired) electrons. The highest BCUT2D eigenvalue weighted by Gasteiger charge is 2.28. The fraction of sp³-hybridized carbons (Fsp3) is 1.00. The number of likely N-dealkylation sites (tertiary alicyclic amines) is 1. The van der Waals surface area contributed by atoms with Gasteiger partial charge in [0.15, 0.2) is 0 Å². The van der Waals surface area contributed by atoms with Crippen molar-refractivity contribution in [1.29, 1.82) is 0 Å². The first kappa shape index (κ1) is 9.81. The van der Waals surface area contributed by atoms with Crippen LogP contribution in [0.25, 0.3) is 0 Å². The third kappa shape index (κ3) is 2.61. The maximum Gasteiger partial charge on any atom is 0.0258 e. The maximum absolute atomic E-state index is 6.34. The molecule has 13 heavy (non-hydrogen) atoms. The summed E-state index contributed by atoms with van der Waals surface area (Å²) in [5.41, 5.74) is 6.50. The van der Waals surface area contributed by atoms with E-state index in [0.29, 0.717) is 0 Å². The van der Waals surface area contributed by atoms with Crippen molar-refractivity contribution in [3.63, 3.8) is 0 Å². The van der Waals surface area contributed by atoms with Gasteiger partial charge < -0.3 is 10.6 Å². The molecule has 3 heteroatoms. The van der Waals surface area contributed by atoms with Gasteiger partial charge in [0.1, 0.15) is 0 Å². The average Bonchev–Trinajstić information content (AvgIpc) is 2.02. The van der Waals surface area contributed by atoms with Crippen molar-refractivity contribution in [1.82, 2.24) is 4.90 Å². The summed E-state index contributed by atoms with van der Waals surface area (Å²) >= 11 is 2.04. The second-order valence-corrected chi connectivity index (χ2v) is 5.57.